The van der Waals surface area contributed by atoms with Gasteiger partial charge in [-0.25, -0.2) is 4.98 Å². The summed E-state index contributed by atoms with van der Waals surface area (Å²) < 4.78 is 8.93. The largest absolute Gasteiger partial charge is 0.383 e. The van der Waals surface area contributed by atoms with Gasteiger partial charge < -0.3 is 9.30 Å². The zero-order valence-corrected chi connectivity index (χ0v) is 17.8. The van der Waals surface area contributed by atoms with Crippen LogP contribution in [0.3, 0.4) is 0 Å². The molecule has 0 aliphatic carbocycles. The van der Waals surface area contributed by atoms with Gasteiger partial charge >= 0.3 is 0 Å². The van der Waals surface area contributed by atoms with E-state index in [4.69, 9.17) is 4.74 Å². The number of methoxy groups -OCH3 is 1. The first-order valence-electron chi connectivity index (χ1n) is 9.71. The molecule has 0 atom stereocenters. The molecule has 0 spiro atoms. The van der Waals surface area contributed by atoms with E-state index in [0.29, 0.717) is 31.0 Å². The summed E-state index contributed by atoms with van der Waals surface area (Å²) in [6.45, 7) is 3.19. The van der Waals surface area contributed by atoms with Crippen LogP contribution in [-0.4, -0.2) is 37.9 Å². The summed E-state index contributed by atoms with van der Waals surface area (Å²) in [5, 5.41) is 9.60. The summed E-state index contributed by atoms with van der Waals surface area (Å²) in [7, 11) is 1.68. The quantitative estimate of drug-likeness (QED) is 0.407. The van der Waals surface area contributed by atoms with E-state index in [0.717, 1.165) is 22.2 Å². The van der Waals surface area contributed by atoms with Gasteiger partial charge in [0.05, 0.1) is 12.3 Å². The molecule has 7 nitrogen and oxygen atoms in total. The third-order valence-electron chi connectivity index (χ3n) is 4.81. The van der Waals surface area contributed by atoms with E-state index in [1.54, 1.807) is 23.8 Å². The Morgan fingerprint density at radius 3 is 2.73 bits per heavy atom. The smallest absolute Gasteiger partial charge is 0.258 e. The first-order chi connectivity index (χ1) is 14.7. The molecule has 4 aromatic rings. The maximum absolute atomic E-state index is 12.4. The predicted molar refractivity (Wildman–Crippen MR) is 117 cm³/mol. The van der Waals surface area contributed by atoms with Gasteiger partial charge in [-0.15, -0.1) is 10.2 Å². The van der Waals surface area contributed by atoms with Gasteiger partial charge in [-0.2, -0.15) is 0 Å². The summed E-state index contributed by atoms with van der Waals surface area (Å²) >= 11 is 1.53. The lowest BCUT2D eigenvalue weighted by atomic mass is 10.1. The molecule has 0 bridgehead atoms. The number of pyridine rings is 1. The van der Waals surface area contributed by atoms with Crippen molar-refractivity contribution < 1.29 is 4.74 Å². The van der Waals surface area contributed by atoms with Crippen molar-refractivity contribution in [2.24, 2.45) is 0 Å². The molecule has 0 fully saturated rings. The van der Waals surface area contributed by atoms with Crippen LogP contribution in [0.25, 0.3) is 5.65 Å². The van der Waals surface area contributed by atoms with Crippen LogP contribution in [-0.2, 0) is 23.5 Å². The highest BCUT2D eigenvalue weighted by atomic mass is 32.2. The molecule has 30 heavy (non-hydrogen) atoms. The lowest BCUT2D eigenvalue weighted by Crippen LogP contribution is -2.16. The molecule has 3 heterocycles. The van der Waals surface area contributed by atoms with E-state index in [2.05, 4.69) is 31.9 Å². The fourth-order valence-corrected chi connectivity index (χ4v) is 4.14. The normalized spacial score (nSPS) is 11.3. The van der Waals surface area contributed by atoms with E-state index in [1.165, 1.54) is 17.3 Å². The highest BCUT2D eigenvalue weighted by Crippen LogP contribution is 2.22. The molecule has 0 N–H and O–H groups in total. The molecular formula is C22H23N5O2S. The molecule has 4 rings (SSSR count). The number of aromatic nitrogens is 5. The average molecular weight is 422 g/mol. The number of thioether (sulfide) groups is 1. The molecule has 0 saturated carbocycles. The van der Waals surface area contributed by atoms with Gasteiger partial charge in [0.25, 0.3) is 5.56 Å². The van der Waals surface area contributed by atoms with Crippen LogP contribution in [0.15, 0.2) is 64.7 Å². The van der Waals surface area contributed by atoms with E-state index in [1.807, 2.05) is 37.3 Å². The molecule has 0 aliphatic heterocycles. The summed E-state index contributed by atoms with van der Waals surface area (Å²) in [6.07, 6.45) is 2.44. The van der Waals surface area contributed by atoms with Gasteiger partial charge in [-0.05, 0) is 24.1 Å². The zero-order valence-electron chi connectivity index (χ0n) is 17.0. The van der Waals surface area contributed by atoms with E-state index >= 15 is 0 Å². The van der Waals surface area contributed by atoms with Crippen molar-refractivity contribution in [3.8, 4) is 0 Å². The molecule has 0 radical (unpaired) electrons. The number of aryl methyl sites for hydroxylation is 1. The third-order valence-corrected chi connectivity index (χ3v) is 5.81. The Hall–Kier alpha value is -2.97. The molecule has 0 amide bonds. The standard InChI is InChI=1S/C22H23N5O2S/c1-16-7-6-10-27-20(28)14-18(23-21(16)27)15-30-22-25-24-19(26(22)11-12-29-2)13-17-8-4-3-5-9-17/h3-10,14H,11-13,15H2,1-2H3. The Morgan fingerprint density at radius 1 is 1.10 bits per heavy atom. The van der Waals surface area contributed by atoms with Gasteiger partial charge in [0, 0.05) is 38.1 Å². The lowest BCUT2D eigenvalue weighted by molar-refractivity contribution is 0.184. The van der Waals surface area contributed by atoms with Crippen molar-refractivity contribution in [2.45, 2.75) is 30.8 Å². The van der Waals surface area contributed by atoms with E-state index in [9.17, 15) is 4.79 Å². The average Bonchev–Trinajstić information content (AvgIpc) is 3.13. The Morgan fingerprint density at radius 2 is 1.93 bits per heavy atom. The van der Waals surface area contributed by atoms with Crippen molar-refractivity contribution in [2.75, 3.05) is 13.7 Å². The predicted octanol–water partition coefficient (Wildman–Crippen LogP) is 3.12. The van der Waals surface area contributed by atoms with Crippen molar-refractivity contribution in [1.82, 2.24) is 24.1 Å². The van der Waals surface area contributed by atoms with Gasteiger partial charge in [-0.3, -0.25) is 9.20 Å². The third kappa shape index (κ3) is 4.44. The number of rotatable bonds is 8. The molecular weight excluding hydrogens is 398 g/mol. The van der Waals surface area contributed by atoms with E-state index in [-0.39, 0.29) is 5.56 Å². The molecule has 0 unspecified atom stereocenters. The van der Waals surface area contributed by atoms with Crippen molar-refractivity contribution in [3.63, 3.8) is 0 Å². The van der Waals surface area contributed by atoms with E-state index < -0.39 is 0 Å². The first kappa shape index (κ1) is 20.3. The second-order valence-electron chi connectivity index (χ2n) is 6.96. The van der Waals surface area contributed by atoms with Crippen molar-refractivity contribution >= 4 is 17.4 Å². The Balaban J connectivity index is 1.58. The molecule has 3 aromatic heterocycles. The van der Waals surface area contributed by atoms with Crippen LogP contribution in [0.1, 0.15) is 22.6 Å². The molecule has 0 saturated heterocycles. The summed E-state index contributed by atoms with van der Waals surface area (Å²) in [5.41, 5.74) is 3.48. The van der Waals surface area contributed by atoms with Crippen LogP contribution >= 0.6 is 11.8 Å². The van der Waals surface area contributed by atoms with Gasteiger partial charge in [0.1, 0.15) is 11.5 Å². The minimum absolute atomic E-state index is 0.0788. The number of ether oxygens (including phenoxy) is 1. The molecule has 0 aliphatic rings. The minimum Gasteiger partial charge on any atom is -0.383 e. The monoisotopic (exact) mass is 421 g/mol. The van der Waals surface area contributed by atoms with Crippen LogP contribution in [0.5, 0.6) is 0 Å². The van der Waals surface area contributed by atoms with Crippen LogP contribution in [0.2, 0.25) is 0 Å². The van der Waals surface area contributed by atoms with Crippen LogP contribution in [0.4, 0.5) is 0 Å². The van der Waals surface area contributed by atoms with Gasteiger partial charge in [0.15, 0.2) is 5.16 Å². The Kier molecular flexibility index (Phi) is 6.25. The summed E-state index contributed by atoms with van der Waals surface area (Å²) in [4.78, 5) is 17.1. The number of nitrogens with zero attached hydrogens (tertiary/aromatic N) is 5. The SMILES string of the molecule is COCCn1c(Cc2ccccc2)nnc1SCc1cc(=O)n2cccc(C)c2n1. The maximum Gasteiger partial charge on any atom is 0.258 e. The summed E-state index contributed by atoms with van der Waals surface area (Å²) in [5.74, 6) is 1.43. The topological polar surface area (TPSA) is 74.3 Å². The molecule has 154 valence electrons. The number of benzene rings is 1. The Labute approximate surface area is 178 Å². The summed E-state index contributed by atoms with van der Waals surface area (Å²) in [6, 6.07) is 15.6. The highest BCUT2D eigenvalue weighted by Gasteiger charge is 2.14. The highest BCUT2D eigenvalue weighted by molar-refractivity contribution is 7.98. The van der Waals surface area contributed by atoms with Gasteiger partial charge in [-0.1, -0.05) is 48.2 Å². The molecule has 1 aromatic carbocycles. The van der Waals surface area contributed by atoms with Crippen molar-refractivity contribution in [3.05, 3.63) is 87.7 Å². The van der Waals surface area contributed by atoms with Crippen LogP contribution in [0, 0.1) is 6.92 Å². The number of hydrogen-bond donors (Lipinski definition) is 0. The van der Waals surface area contributed by atoms with Crippen molar-refractivity contribution in [1.29, 1.82) is 0 Å². The second-order valence-corrected chi connectivity index (χ2v) is 7.91. The zero-order chi connectivity index (χ0) is 20.9. The molecule has 8 heteroatoms. The minimum atomic E-state index is -0.0788. The van der Waals surface area contributed by atoms with Gasteiger partial charge in [0.2, 0.25) is 0 Å². The second kappa shape index (κ2) is 9.23. The first-order valence-corrected chi connectivity index (χ1v) is 10.7. The Bertz CT molecular complexity index is 1200. The number of fused-ring (bicyclic) bond motifs is 1. The fraction of sp³-hybridized carbons (Fsp3) is 0.273. The van der Waals surface area contributed by atoms with Crippen LogP contribution < -0.4 is 5.56 Å². The fourth-order valence-electron chi connectivity index (χ4n) is 3.26. The number of hydrogen-bond acceptors (Lipinski definition) is 6. The maximum atomic E-state index is 12.4. The lowest BCUT2D eigenvalue weighted by Gasteiger charge is -2.10.